The van der Waals surface area contributed by atoms with E-state index in [9.17, 15) is 35.1 Å². The molecule has 8 nitrogen and oxygen atoms in total. The van der Waals surface area contributed by atoms with E-state index >= 15 is 0 Å². The minimum atomic E-state index is -0.830. The van der Waals surface area contributed by atoms with Crippen LogP contribution in [0.4, 0.5) is 0 Å². The summed E-state index contributed by atoms with van der Waals surface area (Å²) in [5.41, 5.74) is 6.96. The highest BCUT2D eigenvalue weighted by Crippen LogP contribution is 2.47. The molecule has 312 valence electrons. The molecule has 0 aliphatic heterocycles. The minimum absolute atomic E-state index is 0.0763. The Kier molecular flexibility index (Phi) is 19.5. The summed E-state index contributed by atoms with van der Waals surface area (Å²) < 4.78 is 4.91. The molecule has 0 saturated heterocycles. The maximum Gasteiger partial charge on any atom is 0.305 e. The van der Waals surface area contributed by atoms with Crippen LogP contribution in [0.2, 0.25) is 0 Å². The second kappa shape index (κ2) is 24.2. The SMILES string of the molecule is CCCCCC(O)c1ccc([C@H]2C(CC(=CCCCC(=O)OC)C(C=CCCCC(=O)O)C3=CC[C@@H](O)[C@@H]3c3ccc(C(O)CCCCC)cc3)=CC[C@H]2O)cc1. The standard InChI is InChI=1S/C49H68O8/c1-4-6-9-17-42(50)34-21-25-36(26-22-34)48-39(29-31-44(48)52)33-38(15-13-14-20-47(56)57-3)40(16-11-8-12-19-46(54)55)41-30-32-45(53)49(41)37-27-23-35(24-28-37)43(51)18-10-7-5-2/h11,15-16,21-30,40,42-45,48-53H,4-10,12-14,17-20,31-33H2,1-3H3,(H,54,55)/t40?,42?,43?,44-,45-,48+,49-/m1/s1. The number of benzene rings is 2. The predicted octanol–water partition coefficient (Wildman–Crippen LogP) is 10.3. The predicted molar refractivity (Wildman–Crippen MR) is 227 cm³/mol. The Balaban J connectivity index is 1.68. The molecule has 0 saturated carbocycles. The second-order valence-corrected chi connectivity index (χ2v) is 16.0. The van der Waals surface area contributed by atoms with E-state index in [0.29, 0.717) is 51.4 Å². The first-order valence-electron chi connectivity index (χ1n) is 21.5. The number of hydrogen-bond donors (Lipinski definition) is 5. The van der Waals surface area contributed by atoms with Crippen molar-refractivity contribution < 1.29 is 39.9 Å². The molecule has 5 N–H and O–H groups in total. The number of aliphatic carboxylic acids is 1. The number of unbranched alkanes of at least 4 members (excludes halogenated alkanes) is 6. The van der Waals surface area contributed by atoms with Gasteiger partial charge in [-0.15, -0.1) is 0 Å². The molecule has 7 atom stereocenters. The maximum absolute atomic E-state index is 12.1. The molecule has 57 heavy (non-hydrogen) atoms. The molecule has 2 aromatic rings. The molecule has 4 rings (SSSR count). The first-order valence-corrected chi connectivity index (χ1v) is 21.5. The van der Waals surface area contributed by atoms with Gasteiger partial charge >= 0.3 is 11.9 Å². The summed E-state index contributed by atoms with van der Waals surface area (Å²) in [7, 11) is 1.39. The molecule has 0 aromatic heterocycles. The summed E-state index contributed by atoms with van der Waals surface area (Å²) in [5, 5.41) is 53.9. The Labute approximate surface area is 341 Å². The minimum Gasteiger partial charge on any atom is -0.481 e. The molecule has 2 aliphatic carbocycles. The summed E-state index contributed by atoms with van der Waals surface area (Å²) in [5.74, 6) is -1.84. The third kappa shape index (κ3) is 13.9. The Morgan fingerprint density at radius 1 is 0.737 bits per heavy atom. The second-order valence-electron chi connectivity index (χ2n) is 16.0. The van der Waals surface area contributed by atoms with Crippen molar-refractivity contribution in [1.82, 2.24) is 0 Å². The van der Waals surface area contributed by atoms with Crippen molar-refractivity contribution in [3.8, 4) is 0 Å². The number of aliphatic hydroxyl groups excluding tert-OH is 4. The van der Waals surface area contributed by atoms with Crippen molar-refractivity contribution in [1.29, 1.82) is 0 Å². The number of ether oxygens (including phenoxy) is 1. The lowest BCUT2D eigenvalue weighted by atomic mass is 9.76. The molecule has 0 bridgehead atoms. The van der Waals surface area contributed by atoms with Gasteiger partial charge in [0.1, 0.15) is 0 Å². The van der Waals surface area contributed by atoms with Crippen molar-refractivity contribution in [3.05, 3.63) is 118 Å². The van der Waals surface area contributed by atoms with Gasteiger partial charge in [-0.2, -0.15) is 0 Å². The molecular formula is C49H68O8. The number of carbonyl (C=O) groups is 2. The maximum atomic E-state index is 12.1. The van der Waals surface area contributed by atoms with E-state index in [2.05, 4.69) is 38.2 Å². The summed E-state index contributed by atoms with van der Waals surface area (Å²) >= 11 is 0. The Morgan fingerprint density at radius 2 is 1.28 bits per heavy atom. The third-order valence-electron chi connectivity index (χ3n) is 11.7. The fourth-order valence-electron chi connectivity index (χ4n) is 8.47. The number of methoxy groups -OCH3 is 1. The molecule has 8 heteroatoms. The molecule has 2 aliphatic rings. The molecule has 0 heterocycles. The van der Waals surface area contributed by atoms with Crippen LogP contribution in [0.15, 0.2) is 95.6 Å². The molecule has 0 amide bonds. The van der Waals surface area contributed by atoms with Crippen molar-refractivity contribution in [2.24, 2.45) is 5.92 Å². The lowest BCUT2D eigenvalue weighted by molar-refractivity contribution is -0.140. The van der Waals surface area contributed by atoms with E-state index in [1.807, 2.05) is 54.6 Å². The van der Waals surface area contributed by atoms with Crippen LogP contribution in [0.5, 0.6) is 0 Å². The summed E-state index contributed by atoms with van der Waals surface area (Å²) in [6.07, 6.45) is 20.3. The van der Waals surface area contributed by atoms with Crippen LogP contribution in [-0.4, -0.2) is 56.8 Å². The van der Waals surface area contributed by atoms with Crippen molar-refractivity contribution >= 4 is 11.9 Å². The van der Waals surface area contributed by atoms with Crippen LogP contribution in [0.3, 0.4) is 0 Å². The van der Waals surface area contributed by atoms with Gasteiger partial charge in [-0.3, -0.25) is 9.59 Å². The zero-order chi connectivity index (χ0) is 41.2. The Morgan fingerprint density at radius 3 is 1.84 bits per heavy atom. The van der Waals surface area contributed by atoms with Crippen LogP contribution in [0.1, 0.15) is 169 Å². The smallest absolute Gasteiger partial charge is 0.305 e. The number of hydrogen-bond acceptors (Lipinski definition) is 7. The van der Waals surface area contributed by atoms with Gasteiger partial charge in [-0.05, 0) is 80.0 Å². The fourth-order valence-corrected chi connectivity index (χ4v) is 8.47. The first kappa shape index (κ1) is 45.9. The van der Waals surface area contributed by atoms with Crippen molar-refractivity contribution in [2.75, 3.05) is 7.11 Å². The number of rotatable bonds is 25. The van der Waals surface area contributed by atoms with Crippen LogP contribution in [-0.2, 0) is 14.3 Å². The van der Waals surface area contributed by atoms with E-state index in [1.54, 1.807) is 0 Å². The molecule has 2 aromatic carbocycles. The summed E-state index contributed by atoms with van der Waals surface area (Å²) in [4.78, 5) is 23.4. The van der Waals surface area contributed by atoms with Crippen molar-refractivity contribution in [3.63, 3.8) is 0 Å². The van der Waals surface area contributed by atoms with Crippen molar-refractivity contribution in [2.45, 2.75) is 159 Å². The van der Waals surface area contributed by atoms with E-state index in [1.165, 1.54) is 7.11 Å². The summed E-state index contributed by atoms with van der Waals surface area (Å²) in [6.45, 7) is 4.30. The Bertz CT molecular complexity index is 1650. The zero-order valence-electron chi connectivity index (χ0n) is 34.5. The number of allylic oxidation sites excluding steroid dienone is 4. The van der Waals surface area contributed by atoms with Crippen LogP contribution >= 0.6 is 0 Å². The summed E-state index contributed by atoms with van der Waals surface area (Å²) in [6, 6.07) is 16.0. The molecule has 0 fully saturated rings. The van der Waals surface area contributed by atoms with E-state index in [4.69, 9.17) is 4.74 Å². The van der Waals surface area contributed by atoms with Gasteiger partial charge in [0.2, 0.25) is 0 Å². The number of esters is 1. The van der Waals surface area contributed by atoms with Gasteiger partial charge in [0.05, 0.1) is 31.5 Å². The highest BCUT2D eigenvalue weighted by molar-refractivity contribution is 5.69. The van der Waals surface area contributed by atoms with Crippen LogP contribution < -0.4 is 0 Å². The van der Waals surface area contributed by atoms with E-state index in [0.717, 1.165) is 83.9 Å². The van der Waals surface area contributed by atoms with Gasteiger partial charge in [-0.1, -0.05) is 148 Å². The third-order valence-corrected chi connectivity index (χ3v) is 11.7. The monoisotopic (exact) mass is 784 g/mol. The van der Waals surface area contributed by atoms with Gasteiger partial charge in [0.15, 0.2) is 0 Å². The largest absolute Gasteiger partial charge is 0.481 e. The van der Waals surface area contributed by atoms with Crippen LogP contribution in [0.25, 0.3) is 0 Å². The number of carbonyl (C=O) groups excluding carboxylic acids is 1. The van der Waals surface area contributed by atoms with Gasteiger partial charge in [-0.25, -0.2) is 0 Å². The lowest BCUT2D eigenvalue weighted by Gasteiger charge is -2.29. The average molecular weight is 785 g/mol. The number of carboxylic acids is 1. The topological polar surface area (TPSA) is 145 Å². The normalized spacial score (nSPS) is 21.4. The molecule has 0 spiro atoms. The highest BCUT2D eigenvalue weighted by Gasteiger charge is 2.36. The highest BCUT2D eigenvalue weighted by atomic mass is 16.5. The zero-order valence-corrected chi connectivity index (χ0v) is 34.5. The molecular weight excluding hydrogens is 717 g/mol. The van der Waals surface area contributed by atoms with E-state index in [-0.39, 0.29) is 36.6 Å². The van der Waals surface area contributed by atoms with Gasteiger partial charge in [0, 0.05) is 30.6 Å². The van der Waals surface area contributed by atoms with Crippen LogP contribution in [0, 0.1) is 5.92 Å². The lowest BCUT2D eigenvalue weighted by Crippen LogP contribution is -2.20. The molecule has 0 radical (unpaired) electrons. The quantitative estimate of drug-likeness (QED) is 0.0380. The molecule has 3 unspecified atom stereocenters. The van der Waals surface area contributed by atoms with Gasteiger partial charge in [0.25, 0.3) is 0 Å². The first-order chi connectivity index (χ1) is 27.6. The average Bonchev–Trinajstić information content (AvgIpc) is 3.78. The fraction of sp³-hybridized carbons (Fsp3) is 0.551. The number of aliphatic hydroxyl groups is 4. The van der Waals surface area contributed by atoms with E-state index < -0.39 is 30.4 Å². The number of carboxylic acid groups (broad SMARTS) is 1. The van der Waals surface area contributed by atoms with Gasteiger partial charge < -0.3 is 30.3 Å². The Hall–Kier alpha value is -3.82.